The van der Waals surface area contributed by atoms with Gasteiger partial charge in [-0.3, -0.25) is 4.90 Å². The topological polar surface area (TPSA) is 3.24 Å². The van der Waals surface area contributed by atoms with Gasteiger partial charge in [-0.05, 0) is 27.3 Å². The molecule has 0 aliphatic carbocycles. The van der Waals surface area contributed by atoms with Crippen molar-refractivity contribution >= 4 is 0 Å². The standard InChI is InChI=1S/C10H21N/c1-6-8-10(4)11(5)9(3)7-2/h7,9-10H,2,6,8H2,1,3-5H3. The van der Waals surface area contributed by atoms with Crippen LogP contribution in [0.3, 0.4) is 0 Å². The summed E-state index contributed by atoms with van der Waals surface area (Å²) < 4.78 is 0. The molecule has 1 nitrogen and oxygen atoms in total. The fraction of sp³-hybridized carbons (Fsp3) is 0.800. The summed E-state index contributed by atoms with van der Waals surface area (Å²) in [7, 11) is 2.16. The van der Waals surface area contributed by atoms with Gasteiger partial charge in [0.05, 0.1) is 0 Å². The molecule has 66 valence electrons. The van der Waals surface area contributed by atoms with Crippen LogP contribution in [0.15, 0.2) is 12.7 Å². The fourth-order valence-corrected chi connectivity index (χ4v) is 1.19. The van der Waals surface area contributed by atoms with Crippen LogP contribution in [0.1, 0.15) is 33.6 Å². The molecule has 0 heterocycles. The Morgan fingerprint density at radius 2 is 2.00 bits per heavy atom. The normalized spacial score (nSPS) is 16.5. The molecule has 11 heavy (non-hydrogen) atoms. The van der Waals surface area contributed by atoms with E-state index < -0.39 is 0 Å². The van der Waals surface area contributed by atoms with Gasteiger partial charge in [0.1, 0.15) is 0 Å². The van der Waals surface area contributed by atoms with Crippen LogP contribution in [-0.4, -0.2) is 24.0 Å². The molecule has 0 aromatic rings. The summed E-state index contributed by atoms with van der Waals surface area (Å²) in [5, 5.41) is 0. The maximum Gasteiger partial charge on any atom is 0.0247 e. The van der Waals surface area contributed by atoms with Crippen LogP contribution in [0.25, 0.3) is 0 Å². The maximum absolute atomic E-state index is 3.78. The van der Waals surface area contributed by atoms with Crippen molar-refractivity contribution in [2.75, 3.05) is 7.05 Å². The molecule has 2 atom stereocenters. The van der Waals surface area contributed by atoms with E-state index in [1.807, 2.05) is 6.08 Å². The lowest BCUT2D eigenvalue weighted by molar-refractivity contribution is 0.215. The lowest BCUT2D eigenvalue weighted by Crippen LogP contribution is -2.35. The van der Waals surface area contributed by atoms with Crippen LogP contribution in [0.5, 0.6) is 0 Å². The summed E-state index contributed by atoms with van der Waals surface area (Å²) in [6, 6.07) is 1.17. The Balaban J connectivity index is 3.79. The fourth-order valence-electron chi connectivity index (χ4n) is 1.19. The molecule has 0 saturated heterocycles. The van der Waals surface area contributed by atoms with Gasteiger partial charge >= 0.3 is 0 Å². The van der Waals surface area contributed by atoms with Crippen molar-refractivity contribution < 1.29 is 0 Å². The Labute approximate surface area is 71.1 Å². The molecule has 0 amide bonds. The third kappa shape index (κ3) is 3.57. The van der Waals surface area contributed by atoms with E-state index in [0.29, 0.717) is 12.1 Å². The second kappa shape index (κ2) is 5.36. The van der Waals surface area contributed by atoms with Crippen molar-refractivity contribution in [3.8, 4) is 0 Å². The number of rotatable bonds is 5. The summed E-state index contributed by atoms with van der Waals surface area (Å²) in [5.74, 6) is 0. The van der Waals surface area contributed by atoms with E-state index in [-0.39, 0.29) is 0 Å². The molecule has 0 radical (unpaired) electrons. The highest BCUT2D eigenvalue weighted by Gasteiger charge is 2.11. The smallest absolute Gasteiger partial charge is 0.0247 e. The van der Waals surface area contributed by atoms with Gasteiger partial charge in [-0.15, -0.1) is 6.58 Å². The third-order valence-electron chi connectivity index (χ3n) is 2.39. The molecular formula is C10H21N. The molecule has 0 rings (SSSR count). The first-order chi connectivity index (χ1) is 5.13. The van der Waals surface area contributed by atoms with Gasteiger partial charge in [0.25, 0.3) is 0 Å². The van der Waals surface area contributed by atoms with Gasteiger partial charge in [-0.1, -0.05) is 19.4 Å². The van der Waals surface area contributed by atoms with Crippen molar-refractivity contribution in [2.45, 2.75) is 45.7 Å². The second-order valence-corrected chi connectivity index (χ2v) is 3.28. The SMILES string of the molecule is C=CC(C)N(C)C(C)CCC. The van der Waals surface area contributed by atoms with Crippen LogP contribution < -0.4 is 0 Å². The van der Waals surface area contributed by atoms with Crippen LogP contribution >= 0.6 is 0 Å². The summed E-state index contributed by atoms with van der Waals surface area (Å²) in [6.07, 6.45) is 4.52. The van der Waals surface area contributed by atoms with Gasteiger partial charge in [-0.25, -0.2) is 0 Å². The Kier molecular flexibility index (Phi) is 5.22. The minimum atomic E-state index is 0.497. The van der Waals surface area contributed by atoms with E-state index in [9.17, 15) is 0 Å². The Hall–Kier alpha value is -0.300. The zero-order valence-corrected chi connectivity index (χ0v) is 8.30. The van der Waals surface area contributed by atoms with E-state index in [4.69, 9.17) is 0 Å². The zero-order chi connectivity index (χ0) is 8.85. The van der Waals surface area contributed by atoms with Crippen molar-refractivity contribution in [3.63, 3.8) is 0 Å². The van der Waals surface area contributed by atoms with E-state index in [1.165, 1.54) is 12.8 Å². The van der Waals surface area contributed by atoms with Crippen molar-refractivity contribution in [1.29, 1.82) is 0 Å². The first-order valence-electron chi connectivity index (χ1n) is 4.48. The Morgan fingerprint density at radius 1 is 1.45 bits per heavy atom. The molecule has 0 fully saturated rings. The molecule has 0 aliphatic rings. The Morgan fingerprint density at radius 3 is 2.36 bits per heavy atom. The number of nitrogens with zero attached hydrogens (tertiary/aromatic N) is 1. The van der Waals surface area contributed by atoms with E-state index in [2.05, 4.69) is 39.3 Å². The molecule has 2 unspecified atom stereocenters. The van der Waals surface area contributed by atoms with Gasteiger partial charge in [0, 0.05) is 12.1 Å². The highest BCUT2D eigenvalue weighted by molar-refractivity contribution is 4.84. The summed E-state index contributed by atoms with van der Waals surface area (Å²) in [6.45, 7) is 10.5. The molecule has 0 aromatic carbocycles. The van der Waals surface area contributed by atoms with Crippen LogP contribution in [0.2, 0.25) is 0 Å². The minimum Gasteiger partial charge on any atom is -0.298 e. The average Bonchev–Trinajstić information content (AvgIpc) is 2.02. The number of likely N-dealkylation sites (N-methyl/N-ethyl adjacent to an activating group) is 1. The molecule has 0 bridgehead atoms. The molecule has 0 saturated carbocycles. The van der Waals surface area contributed by atoms with E-state index >= 15 is 0 Å². The van der Waals surface area contributed by atoms with Crippen LogP contribution in [-0.2, 0) is 0 Å². The predicted octanol–water partition coefficient (Wildman–Crippen LogP) is 2.68. The Bertz CT molecular complexity index is 109. The summed E-state index contributed by atoms with van der Waals surface area (Å²) in [5.41, 5.74) is 0. The molecule has 0 N–H and O–H groups in total. The second-order valence-electron chi connectivity index (χ2n) is 3.28. The lowest BCUT2D eigenvalue weighted by Gasteiger charge is -2.28. The highest BCUT2D eigenvalue weighted by atomic mass is 15.1. The predicted molar refractivity (Wildman–Crippen MR) is 51.8 cm³/mol. The molecule has 0 aromatic heterocycles. The average molecular weight is 155 g/mol. The zero-order valence-electron chi connectivity index (χ0n) is 8.30. The highest BCUT2D eigenvalue weighted by Crippen LogP contribution is 2.07. The molecule has 0 spiro atoms. The summed E-state index contributed by atoms with van der Waals surface area (Å²) in [4.78, 5) is 2.36. The molecular weight excluding hydrogens is 134 g/mol. The van der Waals surface area contributed by atoms with Gasteiger partial charge in [-0.2, -0.15) is 0 Å². The minimum absolute atomic E-state index is 0.497. The molecule has 1 heteroatoms. The first-order valence-corrected chi connectivity index (χ1v) is 4.48. The van der Waals surface area contributed by atoms with Crippen LogP contribution in [0, 0.1) is 0 Å². The first kappa shape index (κ1) is 10.7. The van der Waals surface area contributed by atoms with Gasteiger partial charge < -0.3 is 0 Å². The third-order valence-corrected chi connectivity index (χ3v) is 2.39. The quantitative estimate of drug-likeness (QED) is 0.552. The monoisotopic (exact) mass is 155 g/mol. The van der Waals surface area contributed by atoms with Crippen molar-refractivity contribution in [2.24, 2.45) is 0 Å². The van der Waals surface area contributed by atoms with Crippen molar-refractivity contribution in [3.05, 3.63) is 12.7 Å². The molecule has 0 aliphatic heterocycles. The summed E-state index contributed by atoms with van der Waals surface area (Å²) >= 11 is 0. The number of hydrogen-bond donors (Lipinski definition) is 0. The van der Waals surface area contributed by atoms with Crippen LogP contribution in [0.4, 0.5) is 0 Å². The van der Waals surface area contributed by atoms with Gasteiger partial charge in [0.2, 0.25) is 0 Å². The lowest BCUT2D eigenvalue weighted by atomic mass is 10.1. The van der Waals surface area contributed by atoms with Crippen molar-refractivity contribution in [1.82, 2.24) is 4.90 Å². The van der Waals surface area contributed by atoms with E-state index in [1.54, 1.807) is 0 Å². The largest absolute Gasteiger partial charge is 0.298 e. The number of hydrogen-bond acceptors (Lipinski definition) is 1. The maximum atomic E-state index is 3.78. The van der Waals surface area contributed by atoms with E-state index in [0.717, 1.165) is 0 Å². The van der Waals surface area contributed by atoms with Gasteiger partial charge in [0.15, 0.2) is 0 Å².